The minimum Gasteiger partial charge on any atom is -0.324 e. The van der Waals surface area contributed by atoms with E-state index in [2.05, 4.69) is 21.2 Å². The maximum absolute atomic E-state index is 13.0. The number of likely N-dealkylation sites (N-methyl/N-ethyl adjacent to an activating group) is 1. The molecule has 25 heavy (non-hydrogen) atoms. The Morgan fingerprint density at radius 1 is 1.16 bits per heavy atom. The molecule has 0 bridgehead atoms. The number of hydrogen-bond acceptors (Lipinski definition) is 2. The summed E-state index contributed by atoms with van der Waals surface area (Å²) in [5, 5.41) is 2.38. The maximum atomic E-state index is 13.0. The maximum Gasteiger partial charge on any atom is 0.418 e. The van der Waals surface area contributed by atoms with Crippen LogP contribution in [0.2, 0.25) is 0 Å². The normalized spacial score (nSPS) is 12.9. The largest absolute Gasteiger partial charge is 0.418 e. The molecule has 3 nitrogen and oxygen atoms in total. The van der Waals surface area contributed by atoms with Gasteiger partial charge in [0, 0.05) is 11.0 Å². The van der Waals surface area contributed by atoms with Crippen LogP contribution in [0.5, 0.6) is 0 Å². The number of anilines is 1. The van der Waals surface area contributed by atoms with Crippen LogP contribution in [-0.2, 0) is 17.5 Å². The highest BCUT2D eigenvalue weighted by molar-refractivity contribution is 9.10. The Bertz CT molecular complexity index is 732. The first-order valence-corrected chi connectivity index (χ1v) is 8.39. The Balaban J connectivity index is 2.06. The van der Waals surface area contributed by atoms with Crippen molar-refractivity contribution in [2.24, 2.45) is 0 Å². The number of halogens is 4. The summed E-state index contributed by atoms with van der Waals surface area (Å²) < 4.78 is 40.0. The number of hydrogen-bond donors (Lipinski definition) is 1. The van der Waals surface area contributed by atoms with Crippen LogP contribution in [0.25, 0.3) is 0 Å². The molecule has 1 unspecified atom stereocenters. The molecule has 2 aromatic carbocycles. The predicted octanol–water partition coefficient (Wildman–Crippen LogP) is 4.93. The summed E-state index contributed by atoms with van der Waals surface area (Å²) in [4.78, 5) is 14.1. The topological polar surface area (TPSA) is 32.3 Å². The smallest absolute Gasteiger partial charge is 0.324 e. The molecule has 1 amide bonds. The van der Waals surface area contributed by atoms with Gasteiger partial charge in [-0.15, -0.1) is 0 Å². The second-order valence-corrected chi connectivity index (χ2v) is 6.67. The number of amides is 1. The van der Waals surface area contributed by atoms with Crippen LogP contribution >= 0.6 is 15.9 Å². The van der Waals surface area contributed by atoms with Gasteiger partial charge in [-0.2, -0.15) is 13.2 Å². The van der Waals surface area contributed by atoms with E-state index in [1.54, 1.807) is 18.9 Å². The number of nitrogens with zero attached hydrogens (tertiary/aromatic N) is 1. The second kappa shape index (κ2) is 8.01. The molecule has 0 spiro atoms. The molecular weight excluding hydrogens is 397 g/mol. The number of carbonyl (C=O) groups excluding carboxylic acids is 1. The van der Waals surface area contributed by atoms with Gasteiger partial charge in [-0.25, -0.2) is 0 Å². The molecule has 0 heterocycles. The van der Waals surface area contributed by atoms with Crippen LogP contribution < -0.4 is 5.32 Å². The molecule has 2 rings (SSSR count). The fraction of sp³-hybridized carbons (Fsp3) is 0.278. The van der Waals surface area contributed by atoms with Crippen molar-refractivity contribution in [1.82, 2.24) is 4.90 Å². The molecular formula is C18H18BrF3N2O. The van der Waals surface area contributed by atoms with Gasteiger partial charge in [-0.3, -0.25) is 9.69 Å². The minimum absolute atomic E-state index is 0.233. The molecule has 0 aliphatic heterocycles. The molecule has 7 heteroatoms. The third-order valence-corrected chi connectivity index (χ3v) is 4.40. The summed E-state index contributed by atoms with van der Waals surface area (Å²) in [5.41, 5.74) is -0.0870. The van der Waals surface area contributed by atoms with Crippen LogP contribution in [0.1, 0.15) is 18.1 Å². The van der Waals surface area contributed by atoms with E-state index in [-0.39, 0.29) is 5.69 Å². The molecule has 0 aliphatic carbocycles. The number of carbonyl (C=O) groups is 1. The lowest BCUT2D eigenvalue weighted by Gasteiger charge is -2.24. The quantitative estimate of drug-likeness (QED) is 0.752. The van der Waals surface area contributed by atoms with E-state index in [4.69, 9.17) is 0 Å². The molecule has 1 atom stereocenters. The molecule has 0 fully saturated rings. The van der Waals surface area contributed by atoms with Crippen molar-refractivity contribution in [3.05, 3.63) is 64.1 Å². The summed E-state index contributed by atoms with van der Waals surface area (Å²) in [6, 6.07) is 12.0. The fourth-order valence-electron chi connectivity index (χ4n) is 2.29. The summed E-state index contributed by atoms with van der Waals surface area (Å²) in [5.74, 6) is -0.490. The minimum atomic E-state index is -4.52. The summed E-state index contributed by atoms with van der Waals surface area (Å²) >= 11 is 3.35. The van der Waals surface area contributed by atoms with E-state index in [9.17, 15) is 18.0 Å². The first kappa shape index (κ1) is 19.5. The van der Waals surface area contributed by atoms with Crippen LogP contribution in [-0.4, -0.2) is 23.9 Å². The van der Waals surface area contributed by atoms with E-state index in [0.29, 0.717) is 6.54 Å². The Hall–Kier alpha value is -1.86. The average molecular weight is 415 g/mol. The van der Waals surface area contributed by atoms with Crippen LogP contribution in [0.4, 0.5) is 18.9 Å². The Labute approximate surface area is 153 Å². The van der Waals surface area contributed by atoms with Gasteiger partial charge in [0.15, 0.2) is 0 Å². The van der Waals surface area contributed by atoms with E-state index in [1.165, 1.54) is 18.2 Å². The zero-order chi connectivity index (χ0) is 18.6. The Morgan fingerprint density at radius 3 is 2.36 bits per heavy atom. The lowest BCUT2D eigenvalue weighted by Crippen LogP contribution is -2.39. The first-order valence-electron chi connectivity index (χ1n) is 7.60. The van der Waals surface area contributed by atoms with Gasteiger partial charge in [0.25, 0.3) is 0 Å². The molecule has 0 saturated carbocycles. The van der Waals surface area contributed by atoms with Crippen molar-refractivity contribution < 1.29 is 18.0 Å². The van der Waals surface area contributed by atoms with Gasteiger partial charge >= 0.3 is 6.18 Å². The van der Waals surface area contributed by atoms with Crippen molar-refractivity contribution in [3.63, 3.8) is 0 Å². The zero-order valence-electron chi connectivity index (χ0n) is 13.8. The number of nitrogens with one attached hydrogen (secondary N) is 1. The highest BCUT2D eigenvalue weighted by Crippen LogP contribution is 2.34. The molecule has 0 aliphatic rings. The van der Waals surface area contributed by atoms with E-state index >= 15 is 0 Å². The zero-order valence-corrected chi connectivity index (χ0v) is 15.4. The number of benzene rings is 2. The standard InChI is InChI=1S/C18H18BrF3N2O/c1-12(24(2)11-13-7-9-14(19)10-8-13)17(25)23-16-6-4-3-5-15(16)18(20,21)22/h3-10,12H,11H2,1-2H3,(H,23,25). The Morgan fingerprint density at radius 2 is 1.76 bits per heavy atom. The van der Waals surface area contributed by atoms with E-state index < -0.39 is 23.7 Å². The van der Waals surface area contributed by atoms with Crippen molar-refractivity contribution >= 4 is 27.5 Å². The van der Waals surface area contributed by atoms with Gasteiger partial charge in [0.2, 0.25) is 5.91 Å². The number of para-hydroxylation sites is 1. The molecule has 0 radical (unpaired) electrons. The predicted molar refractivity (Wildman–Crippen MR) is 95.1 cm³/mol. The molecule has 0 aromatic heterocycles. The summed E-state index contributed by atoms with van der Waals surface area (Å²) in [6.07, 6.45) is -4.52. The monoisotopic (exact) mass is 414 g/mol. The average Bonchev–Trinajstić information content (AvgIpc) is 2.55. The van der Waals surface area contributed by atoms with Crippen molar-refractivity contribution in [1.29, 1.82) is 0 Å². The van der Waals surface area contributed by atoms with Crippen molar-refractivity contribution in [2.45, 2.75) is 25.7 Å². The van der Waals surface area contributed by atoms with Crippen LogP contribution in [0.15, 0.2) is 53.0 Å². The summed E-state index contributed by atoms with van der Waals surface area (Å²) in [6.45, 7) is 2.16. The Kier molecular flexibility index (Phi) is 6.24. The summed E-state index contributed by atoms with van der Waals surface area (Å²) in [7, 11) is 1.75. The lowest BCUT2D eigenvalue weighted by atomic mass is 10.1. The van der Waals surface area contributed by atoms with E-state index in [1.807, 2.05) is 24.3 Å². The van der Waals surface area contributed by atoms with Gasteiger partial charge in [-0.1, -0.05) is 40.2 Å². The number of alkyl halides is 3. The molecule has 1 N–H and O–H groups in total. The van der Waals surface area contributed by atoms with Crippen molar-refractivity contribution in [3.8, 4) is 0 Å². The fourth-order valence-corrected chi connectivity index (χ4v) is 2.56. The number of rotatable bonds is 5. The SMILES string of the molecule is CC(C(=O)Nc1ccccc1C(F)(F)F)N(C)Cc1ccc(Br)cc1. The highest BCUT2D eigenvalue weighted by atomic mass is 79.9. The van der Waals surface area contributed by atoms with Crippen LogP contribution in [0.3, 0.4) is 0 Å². The third kappa shape index (κ3) is 5.31. The first-order chi connectivity index (χ1) is 11.7. The molecule has 134 valence electrons. The van der Waals surface area contributed by atoms with Gasteiger partial charge in [0.1, 0.15) is 0 Å². The van der Waals surface area contributed by atoms with Gasteiger partial charge in [0.05, 0.1) is 17.3 Å². The molecule has 2 aromatic rings. The van der Waals surface area contributed by atoms with E-state index in [0.717, 1.165) is 16.1 Å². The molecule has 0 saturated heterocycles. The third-order valence-electron chi connectivity index (χ3n) is 3.88. The highest BCUT2D eigenvalue weighted by Gasteiger charge is 2.34. The lowest BCUT2D eigenvalue weighted by molar-refractivity contribution is -0.137. The van der Waals surface area contributed by atoms with Crippen LogP contribution in [0, 0.1) is 0 Å². The van der Waals surface area contributed by atoms with Crippen molar-refractivity contribution in [2.75, 3.05) is 12.4 Å². The van der Waals surface area contributed by atoms with Gasteiger partial charge < -0.3 is 5.32 Å². The van der Waals surface area contributed by atoms with Gasteiger partial charge in [-0.05, 0) is 43.8 Å². The second-order valence-electron chi connectivity index (χ2n) is 5.75.